The zero-order valence-corrected chi connectivity index (χ0v) is 20.1. The number of likely N-dealkylation sites (N-methyl/N-ethyl adjacent to an activating group) is 2. The summed E-state index contributed by atoms with van der Waals surface area (Å²) >= 11 is 0. The smallest absolute Gasteiger partial charge is 0.275 e. The molecule has 0 radical (unpaired) electrons. The van der Waals surface area contributed by atoms with E-state index in [0.717, 1.165) is 36.7 Å². The molecule has 184 valence electrons. The van der Waals surface area contributed by atoms with Crippen molar-refractivity contribution in [3.8, 4) is 11.8 Å². The maximum Gasteiger partial charge on any atom is 0.275 e. The molecule has 1 aliphatic heterocycles. The van der Waals surface area contributed by atoms with Gasteiger partial charge in [0.1, 0.15) is 0 Å². The average Bonchev–Trinajstić information content (AvgIpc) is 2.86. The van der Waals surface area contributed by atoms with Crippen molar-refractivity contribution in [2.45, 2.75) is 25.6 Å². The number of hydroxylamine groups is 1. The third kappa shape index (κ3) is 6.67. The Balaban J connectivity index is 1.60. The van der Waals surface area contributed by atoms with Crippen molar-refractivity contribution >= 4 is 17.7 Å². The van der Waals surface area contributed by atoms with Gasteiger partial charge in [0, 0.05) is 57.0 Å². The Kier molecular flexibility index (Phi) is 8.98. The second-order valence-electron chi connectivity index (χ2n) is 8.20. The molecule has 1 fully saturated rings. The highest BCUT2D eigenvalue weighted by Crippen LogP contribution is 2.16. The van der Waals surface area contributed by atoms with E-state index in [1.165, 1.54) is 25.1 Å². The maximum atomic E-state index is 12.7. The lowest BCUT2D eigenvalue weighted by Crippen LogP contribution is -2.54. The van der Waals surface area contributed by atoms with Crippen LogP contribution in [0.2, 0.25) is 0 Å². The number of nitrogens with zero attached hydrogens (tertiary/aromatic N) is 2. The van der Waals surface area contributed by atoms with Gasteiger partial charge in [0.25, 0.3) is 17.7 Å². The third-order valence-corrected chi connectivity index (χ3v) is 5.73. The minimum Gasteiger partial charge on any atom is -0.376 e. The molecule has 0 aliphatic carbocycles. The molecular weight excluding hydrogens is 448 g/mol. The molecule has 2 aromatic rings. The summed E-state index contributed by atoms with van der Waals surface area (Å²) in [5, 5.41) is 11.2. The number of rotatable bonds is 8. The van der Waals surface area contributed by atoms with Crippen LogP contribution in [0.5, 0.6) is 0 Å². The molecule has 9 heteroatoms. The van der Waals surface area contributed by atoms with Crippen molar-refractivity contribution in [3.63, 3.8) is 0 Å². The molecule has 0 aromatic heterocycles. The number of nitrogens with one attached hydrogen (secondary N) is 2. The maximum absolute atomic E-state index is 12.7. The molecule has 1 aliphatic rings. The summed E-state index contributed by atoms with van der Waals surface area (Å²) in [5.74, 6) is 3.91. The quantitative estimate of drug-likeness (QED) is 0.226. The van der Waals surface area contributed by atoms with E-state index in [4.69, 9.17) is 9.94 Å². The van der Waals surface area contributed by atoms with Crippen LogP contribution in [0, 0.1) is 11.8 Å². The van der Waals surface area contributed by atoms with Gasteiger partial charge in [0.2, 0.25) is 0 Å². The number of amides is 3. The molecule has 3 rings (SSSR count). The first-order chi connectivity index (χ1) is 16.9. The van der Waals surface area contributed by atoms with Gasteiger partial charge in [-0.2, -0.15) is 0 Å². The highest BCUT2D eigenvalue weighted by molar-refractivity contribution is 6.08. The standard InChI is InChI=1S/C26H30N4O5/c1-4-35-22-16-30(17-22)15-20-9-7-18(8-10-20)5-6-19-11-13-21(14-12-19)26(33)29(3)23(24(31)27-2)25(32)28-34/h7-14,22-23,34H,4,15-17H2,1-3H3,(H,27,31)(H,28,32). The molecule has 1 unspecified atom stereocenters. The Bertz CT molecular complexity index is 1080. The molecule has 3 amide bonds. The first-order valence-corrected chi connectivity index (χ1v) is 11.3. The lowest BCUT2D eigenvalue weighted by molar-refractivity contribution is -0.140. The van der Waals surface area contributed by atoms with Crippen molar-refractivity contribution in [1.29, 1.82) is 0 Å². The van der Waals surface area contributed by atoms with Gasteiger partial charge in [-0.1, -0.05) is 24.0 Å². The molecule has 1 saturated heterocycles. The van der Waals surface area contributed by atoms with Crippen molar-refractivity contribution < 1.29 is 24.3 Å². The van der Waals surface area contributed by atoms with Crippen LogP contribution in [0.25, 0.3) is 0 Å². The number of hydrogen-bond acceptors (Lipinski definition) is 6. The van der Waals surface area contributed by atoms with Crippen LogP contribution in [0.1, 0.15) is 34.0 Å². The third-order valence-electron chi connectivity index (χ3n) is 5.73. The topological polar surface area (TPSA) is 111 Å². The van der Waals surface area contributed by atoms with Crippen molar-refractivity contribution in [3.05, 3.63) is 70.8 Å². The number of benzene rings is 2. The Labute approximate surface area is 205 Å². The second kappa shape index (κ2) is 12.1. The Morgan fingerprint density at radius 2 is 1.63 bits per heavy atom. The number of hydrogen-bond donors (Lipinski definition) is 3. The van der Waals surface area contributed by atoms with E-state index >= 15 is 0 Å². The van der Waals surface area contributed by atoms with E-state index in [-0.39, 0.29) is 5.56 Å². The monoisotopic (exact) mass is 478 g/mol. The highest BCUT2D eigenvalue weighted by atomic mass is 16.5. The van der Waals surface area contributed by atoms with Gasteiger partial charge in [-0.3, -0.25) is 24.5 Å². The van der Waals surface area contributed by atoms with Crippen LogP contribution in [0.3, 0.4) is 0 Å². The summed E-state index contributed by atoms with van der Waals surface area (Å²) in [7, 11) is 2.65. The molecule has 1 atom stereocenters. The zero-order chi connectivity index (χ0) is 25.4. The summed E-state index contributed by atoms with van der Waals surface area (Å²) in [5.41, 5.74) is 4.51. The summed E-state index contributed by atoms with van der Waals surface area (Å²) in [4.78, 5) is 39.9. The van der Waals surface area contributed by atoms with Gasteiger partial charge in [0.15, 0.2) is 6.04 Å². The fourth-order valence-electron chi connectivity index (χ4n) is 3.77. The summed E-state index contributed by atoms with van der Waals surface area (Å²) in [6.07, 6.45) is 0.351. The Morgan fingerprint density at radius 1 is 1.06 bits per heavy atom. The van der Waals surface area contributed by atoms with Crippen molar-refractivity contribution in [1.82, 2.24) is 20.6 Å². The van der Waals surface area contributed by atoms with Crippen molar-refractivity contribution in [2.24, 2.45) is 0 Å². The van der Waals surface area contributed by atoms with Gasteiger partial charge in [-0.15, -0.1) is 0 Å². The summed E-state index contributed by atoms with van der Waals surface area (Å²) < 4.78 is 5.59. The fraction of sp³-hybridized carbons (Fsp3) is 0.346. The normalized spacial score (nSPS) is 14.2. The fourth-order valence-corrected chi connectivity index (χ4v) is 3.77. The summed E-state index contributed by atoms with van der Waals surface area (Å²) in [6, 6.07) is 13.2. The number of likely N-dealkylation sites (tertiary alicyclic amines) is 1. The van der Waals surface area contributed by atoms with Gasteiger partial charge in [0.05, 0.1) is 6.10 Å². The van der Waals surface area contributed by atoms with Crippen LogP contribution < -0.4 is 10.8 Å². The Morgan fingerprint density at radius 3 is 2.14 bits per heavy atom. The van der Waals surface area contributed by atoms with Gasteiger partial charge >= 0.3 is 0 Å². The molecular formula is C26H30N4O5. The zero-order valence-electron chi connectivity index (χ0n) is 20.1. The van der Waals surface area contributed by atoms with Gasteiger partial charge < -0.3 is 15.0 Å². The molecule has 3 N–H and O–H groups in total. The predicted octanol–water partition coefficient (Wildman–Crippen LogP) is 0.999. The van der Waals surface area contributed by atoms with E-state index in [1.54, 1.807) is 24.3 Å². The van der Waals surface area contributed by atoms with E-state index in [0.29, 0.717) is 11.7 Å². The Hall–Kier alpha value is -3.71. The first-order valence-electron chi connectivity index (χ1n) is 11.3. The van der Waals surface area contributed by atoms with Crippen LogP contribution in [-0.2, 0) is 20.9 Å². The molecule has 0 bridgehead atoms. The van der Waals surface area contributed by atoms with Crippen molar-refractivity contribution in [2.75, 3.05) is 33.8 Å². The number of carbonyl (C=O) groups excluding carboxylic acids is 3. The predicted molar refractivity (Wildman–Crippen MR) is 129 cm³/mol. The lowest BCUT2D eigenvalue weighted by atomic mass is 10.1. The molecule has 35 heavy (non-hydrogen) atoms. The van der Waals surface area contributed by atoms with Gasteiger partial charge in [-0.05, 0) is 48.9 Å². The molecule has 1 heterocycles. The molecule has 2 aromatic carbocycles. The van der Waals surface area contributed by atoms with Gasteiger partial charge in [-0.25, -0.2) is 5.48 Å². The number of ether oxygens (including phenoxy) is 1. The summed E-state index contributed by atoms with van der Waals surface area (Å²) in [6.45, 7) is 5.59. The number of carbonyl (C=O) groups is 3. The highest BCUT2D eigenvalue weighted by Gasteiger charge is 2.33. The average molecular weight is 479 g/mol. The van der Waals surface area contributed by atoms with Crippen LogP contribution in [0.15, 0.2) is 48.5 Å². The lowest BCUT2D eigenvalue weighted by Gasteiger charge is -2.38. The van der Waals surface area contributed by atoms with Crippen LogP contribution in [0.4, 0.5) is 0 Å². The van der Waals surface area contributed by atoms with E-state index in [1.807, 2.05) is 19.1 Å². The molecule has 0 spiro atoms. The van der Waals surface area contributed by atoms with E-state index < -0.39 is 23.8 Å². The van der Waals surface area contributed by atoms with Crippen LogP contribution >= 0.6 is 0 Å². The molecule has 0 saturated carbocycles. The minimum absolute atomic E-state index is 0.277. The molecule has 9 nitrogen and oxygen atoms in total. The SMILES string of the molecule is CCOC1CN(Cc2ccc(C#Cc3ccc(C(=O)N(C)C(C(=O)NC)C(=O)NO)cc3)cc2)C1. The van der Waals surface area contributed by atoms with Crippen LogP contribution in [-0.4, -0.2) is 78.7 Å². The minimum atomic E-state index is -1.51. The first kappa shape index (κ1) is 25.9. The second-order valence-corrected chi connectivity index (χ2v) is 8.20. The van der Waals surface area contributed by atoms with E-state index in [9.17, 15) is 14.4 Å². The largest absolute Gasteiger partial charge is 0.376 e. The van der Waals surface area contributed by atoms with E-state index in [2.05, 4.69) is 34.2 Å².